The number of carbonyl (C=O) groups is 2. The zero-order valence-electron chi connectivity index (χ0n) is 18.6. The number of nitrogens with zero attached hydrogens (tertiary/aromatic N) is 3. The maximum Gasteiger partial charge on any atom is 0.241 e. The van der Waals surface area contributed by atoms with Crippen LogP contribution in [0.1, 0.15) is 50.5 Å². The number of hydrogen-bond acceptors (Lipinski definition) is 5. The highest BCUT2D eigenvalue weighted by molar-refractivity contribution is 5.84. The van der Waals surface area contributed by atoms with Crippen LogP contribution in [0.4, 0.5) is 5.69 Å². The normalized spacial score (nSPS) is 31.3. The Morgan fingerprint density at radius 1 is 1.06 bits per heavy atom. The van der Waals surface area contributed by atoms with E-state index in [1.54, 1.807) is 0 Å². The number of benzene rings is 1. The van der Waals surface area contributed by atoms with Crippen LogP contribution in [0.15, 0.2) is 24.3 Å². The smallest absolute Gasteiger partial charge is 0.241 e. The van der Waals surface area contributed by atoms with Gasteiger partial charge in [-0.1, -0.05) is 12.1 Å². The van der Waals surface area contributed by atoms with Crippen LogP contribution in [0.5, 0.6) is 0 Å². The minimum absolute atomic E-state index is 0.0236. The van der Waals surface area contributed by atoms with Crippen molar-refractivity contribution >= 4 is 17.5 Å². The van der Waals surface area contributed by atoms with Gasteiger partial charge in [-0.05, 0) is 62.6 Å². The van der Waals surface area contributed by atoms with Gasteiger partial charge in [0.25, 0.3) is 0 Å². The maximum absolute atomic E-state index is 12.9. The van der Waals surface area contributed by atoms with Gasteiger partial charge in [0.05, 0.1) is 0 Å². The minimum atomic E-state index is -0.0247. The second kappa shape index (κ2) is 8.79. The van der Waals surface area contributed by atoms with Gasteiger partial charge < -0.3 is 15.1 Å². The van der Waals surface area contributed by atoms with Crippen LogP contribution < -0.4 is 15.6 Å². The zero-order chi connectivity index (χ0) is 21.4. The molecule has 168 valence electrons. The molecule has 4 unspecified atom stereocenters. The molecule has 0 aromatic heterocycles. The van der Waals surface area contributed by atoms with Gasteiger partial charge >= 0.3 is 0 Å². The van der Waals surface area contributed by atoms with Crippen molar-refractivity contribution in [2.75, 3.05) is 31.6 Å². The first-order valence-corrected chi connectivity index (χ1v) is 12.0. The fraction of sp³-hybridized carbons (Fsp3) is 0.667. The predicted molar refractivity (Wildman–Crippen MR) is 120 cm³/mol. The highest BCUT2D eigenvalue weighted by Gasteiger charge is 2.50. The molecule has 3 aliphatic heterocycles. The molecule has 3 saturated heterocycles. The number of rotatable bonds is 4. The van der Waals surface area contributed by atoms with Crippen molar-refractivity contribution in [3.8, 4) is 0 Å². The first kappa shape index (κ1) is 20.8. The average molecular weight is 426 g/mol. The molecule has 5 rings (SSSR count). The van der Waals surface area contributed by atoms with Gasteiger partial charge in [0.1, 0.15) is 6.04 Å². The van der Waals surface area contributed by atoms with Crippen LogP contribution in [-0.2, 0) is 16.1 Å². The van der Waals surface area contributed by atoms with Crippen LogP contribution in [0, 0.1) is 5.92 Å². The Balaban J connectivity index is 1.16. The molecule has 2 N–H and O–H groups in total. The second-order valence-electron chi connectivity index (χ2n) is 9.65. The number of nitrogens with one attached hydrogen (secondary N) is 2. The molecule has 3 heterocycles. The zero-order valence-corrected chi connectivity index (χ0v) is 18.6. The summed E-state index contributed by atoms with van der Waals surface area (Å²) in [7, 11) is 1.92. The average Bonchev–Trinajstić information content (AvgIpc) is 3.32. The van der Waals surface area contributed by atoms with Crippen LogP contribution in [0.25, 0.3) is 0 Å². The van der Waals surface area contributed by atoms with Crippen LogP contribution in [0.2, 0.25) is 0 Å². The van der Waals surface area contributed by atoms with E-state index in [0.29, 0.717) is 12.6 Å². The monoisotopic (exact) mass is 425 g/mol. The summed E-state index contributed by atoms with van der Waals surface area (Å²) in [6, 6.07) is 9.04. The maximum atomic E-state index is 12.9. The number of anilines is 1. The summed E-state index contributed by atoms with van der Waals surface area (Å²) < 4.78 is 0. The molecule has 0 bridgehead atoms. The lowest BCUT2D eigenvalue weighted by molar-refractivity contribution is -0.153. The van der Waals surface area contributed by atoms with E-state index in [-0.39, 0.29) is 29.8 Å². The second-order valence-corrected chi connectivity index (χ2v) is 9.65. The first-order valence-electron chi connectivity index (χ1n) is 12.0. The van der Waals surface area contributed by atoms with E-state index in [9.17, 15) is 9.59 Å². The highest BCUT2D eigenvalue weighted by atomic mass is 16.2. The van der Waals surface area contributed by atoms with Crippen molar-refractivity contribution in [1.82, 2.24) is 20.7 Å². The van der Waals surface area contributed by atoms with Crippen molar-refractivity contribution in [2.45, 2.75) is 69.6 Å². The lowest BCUT2D eigenvalue weighted by Gasteiger charge is -2.50. The fourth-order valence-electron chi connectivity index (χ4n) is 5.99. The van der Waals surface area contributed by atoms with Crippen molar-refractivity contribution in [1.29, 1.82) is 0 Å². The van der Waals surface area contributed by atoms with E-state index in [1.165, 1.54) is 24.9 Å². The standard InChI is InChI=1S/C24H35N5O2/c1-27-22-15-18(7-10-20(22)29-21(24(27)31)11-12-26-29)23(30)25-16-17-5-8-19(9-6-17)28-13-3-2-4-14-28/h5-6,8-9,18,20-22,26H,2-4,7,10-16H2,1H3,(H,25,30). The SMILES string of the molecule is CN1C(=O)C2CCNN2C2CCC(C(=O)NCc3ccc(N4CCCCC4)cc3)CC21. The Morgan fingerprint density at radius 3 is 2.61 bits per heavy atom. The predicted octanol–water partition coefficient (Wildman–Crippen LogP) is 1.88. The Labute approximate surface area is 185 Å². The molecule has 1 aromatic rings. The Hall–Kier alpha value is -2.12. The third-order valence-corrected chi connectivity index (χ3v) is 7.81. The number of hydrogen-bond donors (Lipinski definition) is 2. The van der Waals surface area contributed by atoms with Crippen molar-refractivity contribution in [3.63, 3.8) is 0 Å². The van der Waals surface area contributed by atoms with E-state index in [4.69, 9.17) is 0 Å². The Morgan fingerprint density at radius 2 is 1.84 bits per heavy atom. The van der Waals surface area contributed by atoms with Gasteiger partial charge in [0.15, 0.2) is 0 Å². The van der Waals surface area contributed by atoms with Crippen molar-refractivity contribution in [2.24, 2.45) is 5.92 Å². The van der Waals surface area contributed by atoms with E-state index in [2.05, 4.69) is 44.9 Å². The third-order valence-electron chi connectivity index (χ3n) is 7.81. The molecule has 4 fully saturated rings. The summed E-state index contributed by atoms with van der Waals surface area (Å²) in [4.78, 5) is 30.0. The summed E-state index contributed by atoms with van der Waals surface area (Å²) in [5, 5.41) is 5.34. The highest BCUT2D eigenvalue weighted by Crippen LogP contribution is 2.36. The largest absolute Gasteiger partial charge is 0.372 e. The minimum Gasteiger partial charge on any atom is -0.372 e. The molecule has 0 radical (unpaired) electrons. The number of fused-ring (bicyclic) bond motifs is 3. The van der Waals surface area contributed by atoms with Gasteiger partial charge in [-0.15, -0.1) is 0 Å². The van der Waals surface area contributed by atoms with Gasteiger partial charge in [0, 0.05) is 56.9 Å². The molecule has 1 aromatic carbocycles. The number of piperidine rings is 1. The number of carbonyl (C=O) groups excluding carboxylic acids is 2. The molecule has 1 saturated carbocycles. The number of likely N-dealkylation sites (N-methyl/N-ethyl adjacent to an activating group) is 1. The molecule has 7 heteroatoms. The first-order chi connectivity index (χ1) is 15.1. The number of amides is 2. The molecular weight excluding hydrogens is 390 g/mol. The van der Waals surface area contributed by atoms with Crippen LogP contribution in [0.3, 0.4) is 0 Å². The lowest BCUT2D eigenvalue weighted by atomic mass is 9.79. The van der Waals surface area contributed by atoms with Gasteiger partial charge in [-0.2, -0.15) is 0 Å². The quantitative estimate of drug-likeness (QED) is 0.771. The number of hydrazine groups is 1. The van der Waals surface area contributed by atoms with Gasteiger partial charge in [0.2, 0.25) is 11.8 Å². The summed E-state index contributed by atoms with van der Waals surface area (Å²) in [6.45, 7) is 3.72. The molecule has 0 spiro atoms. The van der Waals surface area contributed by atoms with Crippen molar-refractivity contribution < 1.29 is 9.59 Å². The van der Waals surface area contributed by atoms with E-state index < -0.39 is 0 Å². The van der Waals surface area contributed by atoms with Gasteiger partial charge in [-0.25, -0.2) is 5.01 Å². The fourth-order valence-corrected chi connectivity index (χ4v) is 5.99. The van der Waals surface area contributed by atoms with Crippen LogP contribution >= 0.6 is 0 Å². The summed E-state index contributed by atoms with van der Waals surface area (Å²) in [5.41, 5.74) is 5.83. The molecule has 2 amide bonds. The Kier molecular flexibility index (Phi) is 5.89. The molecule has 7 nitrogen and oxygen atoms in total. The topological polar surface area (TPSA) is 67.9 Å². The third kappa shape index (κ3) is 4.05. The van der Waals surface area contributed by atoms with E-state index in [1.807, 2.05) is 11.9 Å². The van der Waals surface area contributed by atoms with Crippen molar-refractivity contribution in [3.05, 3.63) is 29.8 Å². The molecule has 1 aliphatic carbocycles. The Bertz CT molecular complexity index is 807. The molecule has 4 atom stereocenters. The van der Waals surface area contributed by atoms with Gasteiger partial charge in [-0.3, -0.25) is 15.0 Å². The van der Waals surface area contributed by atoms with Crippen LogP contribution in [-0.4, -0.2) is 66.5 Å². The molecule has 31 heavy (non-hydrogen) atoms. The lowest BCUT2D eigenvalue weighted by Crippen LogP contribution is -2.67. The van der Waals surface area contributed by atoms with E-state index in [0.717, 1.165) is 50.9 Å². The summed E-state index contributed by atoms with van der Waals surface area (Å²) in [6.07, 6.45) is 7.35. The summed E-state index contributed by atoms with van der Waals surface area (Å²) in [5.74, 6) is 0.292. The molecule has 4 aliphatic rings. The van der Waals surface area contributed by atoms with E-state index >= 15 is 0 Å². The molecular formula is C24H35N5O2. The number of piperazine rings is 1. The summed E-state index contributed by atoms with van der Waals surface area (Å²) >= 11 is 0.